The highest BCUT2D eigenvalue weighted by Crippen LogP contribution is 2.50. The Morgan fingerprint density at radius 3 is 2.12 bits per heavy atom. The molecule has 136 valence electrons. The van der Waals surface area contributed by atoms with Crippen molar-refractivity contribution in [3.63, 3.8) is 0 Å². The topological polar surface area (TPSA) is 66.5 Å². The Hall–Kier alpha value is -1.95. The smallest absolute Gasteiger partial charge is 0.247 e. The number of anilines is 1. The molecule has 0 unspecified atom stereocenters. The van der Waals surface area contributed by atoms with Gasteiger partial charge in [-0.25, -0.2) is 0 Å². The SMILES string of the molecule is CC[C@H](C(=O)Nc1ccc(Br)cc1)N1C(=O)[C@H]2[C@H](C1=O)[C@H]1C=C[C@H]2CC1. The first-order chi connectivity index (χ1) is 12.5. The summed E-state index contributed by atoms with van der Waals surface area (Å²) in [6.07, 6.45) is 6.50. The van der Waals surface area contributed by atoms with Gasteiger partial charge in [0, 0.05) is 10.2 Å². The molecule has 1 aliphatic heterocycles. The molecular weight excluding hydrogens is 396 g/mol. The van der Waals surface area contributed by atoms with Gasteiger partial charge in [0.25, 0.3) is 0 Å². The fourth-order valence-electron chi connectivity index (χ4n) is 4.65. The average molecular weight is 417 g/mol. The van der Waals surface area contributed by atoms with Gasteiger partial charge in [-0.05, 0) is 55.4 Å². The van der Waals surface area contributed by atoms with Gasteiger partial charge in [0.2, 0.25) is 17.7 Å². The molecule has 3 aliphatic carbocycles. The predicted octanol–water partition coefficient (Wildman–Crippen LogP) is 3.36. The Morgan fingerprint density at radius 2 is 1.65 bits per heavy atom. The van der Waals surface area contributed by atoms with Crippen molar-refractivity contribution >= 4 is 39.3 Å². The summed E-state index contributed by atoms with van der Waals surface area (Å²) in [6.45, 7) is 1.83. The maximum Gasteiger partial charge on any atom is 0.247 e. The third-order valence-electron chi connectivity index (χ3n) is 5.91. The highest BCUT2D eigenvalue weighted by atomic mass is 79.9. The van der Waals surface area contributed by atoms with E-state index < -0.39 is 6.04 Å². The minimum Gasteiger partial charge on any atom is -0.324 e. The van der Waals surface area contributed by atoms with Crippen LogP contribution in [0, 0.1) is 23.7 Å². The number of hydrogen-bond donors (Lipinski definition) is 1. The number of carbonyl (C=O) groups is 3. The van der Waals surface area contributed by atoms with Crippen molar-refractivity contribution in [1.29, 1.82) is 0 Å². The van der Waals surface area contributed by atoms with Crippen molar-refractivity contribution in [3.8, 4) is 0 Å². The lowest BCUT2D eigenvalue weighted by molar-refractivity contribution is -0.146. The van der Waals surface area contributed by atoms with E-state index in [9.17, 15) is 14.4 Å². The largest absolute Gasteiger partial charge is 0.324 e. The second-order valence-corrected chi connectivity index (χ2v) is 8.22. The molecule has 0 spiro atoms. The zero-order chi connectivity index (χ0) is 18.4. The summed E-state index contributed by atoms with van der Waals surface area (Å²) in [7, 11) is 0. The standard InChI is InChI=1S/C20H21BrN2O3/c1-2-15(18(24)22-14-9-7-13(21)8-10-14)23-19(25)16-11-3-4-12(6-5-11)17(16)20(23)26/h3-4,7-12,15-17H,2,5-6H2,1H3,(H,22,24)/t11-,12-,15+,16+,17+/m0/s1. The quantitative estimate of drug-likeness (QED) is 0.604. The number of likely N-dealkylation sites (tertiary alicyclic amines) is 1. The molecule has 3 amide bonds. The number of amides is 3. The van der Waals surface area contributed by atoms with E-state index in [4.69, 9.17) is 0 Å². The first-order valence-corrected chi connectivity index (χ1v) is 9.92. The third kappa shape index (κ3) is 2.71. The molecule has 2 fully saturated rings. The van der Waals surface area contributed by atoms with E-state index in [1.807, 2.05) is 19.1 Å². The van der Waals surface area contributed by atoms with Crippen LogP contribution >= 0.6 is 15.9 Å². The van der Waals surface area contributed by atoms with Gasteiger partial charge in [0.15, 0.2) is 0 Å². The Bertz CT molecular complexity index is 757. The number of carbonyl (C=O) groups excluding carboxylic acids is 3. The van der Waals surface area contributed by atoms with Crippen LogP contribution in [0.15, 0.2) is 40.9 Å². The van der Waals surface area contributed by atoms with E-state index in [1.165, 1.54) is 4.90 Å². The molecule has 2 bridgehead atoms. The lowest BCUT2D eigenvalue weighted by Crippen LogP contribution is -2.47. The molecule has 1 aromatic carbocycles. The van der Waals surface area contributed by atoms with Gasteiger partial charge in [-0.3, -0.25) is 19.3 Å². The van der Waals surface area contributed by atoms with Gasteiger partial charge >= 0.3 is 0 Å². The molecule has 0 radical (unpaired) electrons. The second-order valence-electron chi connectivity index (χ2n) is 7.31. The first kappa shape index (κ1) is 17.5. The van der Waals surface area contributed by atoms with Gasteiger partial charge < -0.3 is 5.32 Å². The molecular formula is C20H21BrN2O3. The van der Waals surface area contributed by atoms with E-state index in [0.717, 1.165) is 17.3 Å². The van der Waals surface area contributed by atoms with Crippen LogP contribution in [0.25, 0.3) is 0 Å². The lowest BCUT2D eigenvalue weighted by atomic mass is 9.63. The maximum atomic E-state index is 13.0. The normalized spacial score (nSPS) is 30.5. The number of rotatable bonds is 4. The van der Waals surface area contributed by atoms with Crippen LogP contribution in [0.4, 0.5) is 5.69 Å². The van der Waals surface area contributed by atoms with Crippen molar-refractivity contribution in [2.24, 2.45) is 23.7 Å². The van der Waals surface area contributed by atoms with Crippen LogP contribution in [0.3, 0.4) is 0 Å². The summed E-state index contributed by atoms with van der Waals surface area (Å²) in [4.78, 5) is 40.1. The van der Waals surface area contributed by atoms with Crippen molar-refractivity contribution in [2.45, 2.75) is 32.2 Å². The molecule has 1 heterocycles. The number of nitrogens with zero attached hydrogens (tertiary/aromatic N) is 1. The van der Waals surface area contributed by atoms with Gasteiger partial charge in [-0.2, -0.15) is 0 Å². The monoisotopic (exact) mass is 416 g/mol. The first-order valence-electron chi connectivity index (χ1n) is 9.13. The summed E-state index contributed by atoms with van der Waals surface area (Å²) >= 11 is 3.36. The molecule has 5 rings (SSSR count). The Labute approximate surface area is 160 Å². The Morgan fingerprint density at radius 1 is 1.12 bits per heavy atom. The Kier molecular flexibility index (Phi) is 4.47. The summed E-state index contributed by atoms with van der Waals surface area (Å²) in [5.74, 6) is -0.928. The lowest BCUT2D eigenvalue weighted by Gasteiger charge is -2.38. The highest BCUT2D eigenvalue weighted by molar-refractivity contribution is 9.10. The molecule has 26 heavy (non-hydrogen) atoms. The zero-order valence-electron chi connectivity index (χ0n) is 14.5. The second kappa shape index (κ2) is 6.65. The van der Waals surface area contributed by atoms with Gasteiger partial charge in [-0.15, -0.1) is 0 Å². The Balaban J connectivity index is 1.56. The number of allylic oxidation sites excluding steroid dienone is 2. The van der Waals surface area contributed by atoms with Crippen LogP contribution in [-0.4, -0.2) is 28.7 Å². The third-order valence-corrected chi connectivity index (χ3v) is 6.43. The number of hydrogen-bond acceptors (Lipinski definition) is 3. The minimum absolute atomic E-state index is 0.137. The van der Waals surface area contributed by atoms with Crippen molar-refractivity contribution < 1.29 is 14.4 Å². The molecule has 4 aliphatic rings. The van der Waals surface area contributed by atoms with E-state index in [0.29, 0.717) is 12.1 Å². The summed E-state index contributed by atoms with van der Waals surface area (Å²) in [6, 6.07) is 6.48. The van der Waals surface area contributed by atoms with E-state index in [1.54, 1.807) is 12.1 Å². The number of imide groups is 1. The summed E-state index contributed by atoms with van der Waals surface area (Å²) < 4.78 is 0.916. The number of nitrogens with one attached hydrogen (secondary N) is 1. The summed E-state index contributed by atoms with van der Waals surface area (Å²) in [5, 5.41) is 2.84. The average Bonchev–Trinajstić information content (AvgIpc) is 2.93. The molecule has 1 saturated carbocycles. The van der Waals surface area contributed by atoms with E-state index in [-0.39, 0.29) is 41.4 Å². The van der Waals surface area contributed by atoms with Gasteiger partial charge in [0.1, 0.15) is 6.04 Å². The zero-order valence-corrected chi connectivity index (χ0v) is 16.1. The molecule has 5 atom stereocenters. The minimum atomic E-state index is -0.761. The molecule has 1 aromatic rings. The maximum absolute atomic E-state index is 13.0. The van der Waals surface area contributed by atoms with E-state index in [2.05, 4.69) is 33.4 Å². The number of fused-ring (bicyclic) bond motifs is 1. The van der Waals surface area contributed by atoms with Crippen LogP contribution in [0.2, 0.25) is 0 Å². The van der Waals surface area contributed by atoms with Gasteiger partial charge in [-0.1, -0.05) is 35.0 Å². The fraction of sp³-hybridized carbons (Fsp3) is 0.450. The van der Waals surface area contributed by atoms with Crippen LogP contribution < -0.4 is 5.32 Å². The molecule has 6 heteroatoms. The van der Waals surface area contributed by atoms with E-state index >= 15 is 0 Å². The number of benzene rings is 1. The molecule has 5 nitrogen and oxygen atoms in total. The fourth-order valence-corrected chi connectivity index (χ4v) is 4.91. The van der Waals surface area contributed by atoms with Crippen molar-refractivity contribution in [2.75, 3.05) is 5.32 Å². The highest BCUT2D eigenvalue weighted by Gasteiger charge is 2.58. The van der Waals surface area contributed by atoms with Crippen LogP contribution in [0.5, 0.6) is 0 Å². The van der Waals surface area contributed by atoms with Crippen LogP contribution in [0.1, 0.15) is 26.2 Å². The predicted molar refractivity (Wildman–Crippen MR) is 101 cm³/mol. The molecule has 1 N–H and O–H groups in total. The van der Waals surface area contributed by atoms with Gasteiger partial charge in [0.05, 0.1) is 11.8 Å². The summed E-state index contributed by atoms with van der Waals surface area (Å²) in [5.41, 5.74) is 0.648. The van der Waals surface area contributed by atoms with Crippen molar-refractivity contribution in [3.05, 3.63) is 40.9 Å². The number of halogens is 1. The molecule has 1 saturated heterocycles. The molecule has 0 aromatic heterocycles. The van der Waals surface area contributed by atoms with Crippen LogP contribution in [-0.2, 0) is 14.4 Å². The van der Waals surface area contributed by atoms with Crippen molar-refractivity contribution in [1.82, 2.24) is 4.90 Å².